The first-order valence-corrected chi connectivity index (χ1v) is 36.4. The predicted octanol–water partition coefficient (Wildman–Crippen LogP) is 8.75. The molecule has 24 heteroatoms. The lowest BCUT2D eigenvalue weighted by Crippen LogP contribution is -2.60. The van der Waals surface area contributed by atoms with Gasteiger partial charge in [-0.1, -0.05) is 140 Å². The minimum Gasteiger partial charge on any atom is -0.479 e. The van der Waals surface area contributed by atoms with Crippen LogP contribution in [0.25, 0.3) is 32.3 Å². The molecule has 5 fully saturated rings. The summed E-state index contributed by atoms with van der Waals surface area (Å²) in [7, 11) is 0. The average Bonchev–Trinajstić information content (AvgIpc) is 1.08. The largest absolute Gasteiger partial charge is 0.479 e. The number of carbonyl (C=O) groups excluding carboxylic acids is 3. The number of hydrogen-bond acceptors (Lipinski definition) is 22. The lowest BCUT2D eigenvalue weighted by molar-refractivity contribution is -0.279. The number of carbonyl (C=O) groups is 5. The Morgan fingerprint density at radius 1 is 0.435 bits per heavy atom. The Labute approximate surface area is 625 Å². The number of benzene rings is 9. The van der Waals surface area contributed by atoms with E-state index < -0.39 is 91.3 Å². The number of nitrogens with zero attached hydrogens (tertiary/aromatic N) is 3. The Bertz CT molecular complexity index is 4590. The highest BCUT2D eigenvalue weighted by Crippen LogP contribution is 2.33. The van der Waals surface area contributed by atoms with E-state index in [2.05, 4.69) is 173 Å². The summed E-state index contributed by atoms with van der Waals surface area (Å²) in [5.74, 6) is -5.10. The molecule has 5 aliphatic rings. The standard InChI is InChI=1S/C32H36N2O8.C29H32N2O8.C23H24N2O2/c1-3-17-40-31(39)29-27(36)26(35)28(37)32(41-29)42-30(38)21-11-13-23(14-12-21)34-16-15-22(18-34)33-19(2)24-10-6-8-20-7-4-5-9-25(20)24;1-16(21-8-4-6-17-5-2-3-7-22(17)21)30-19-13-14-31(15-19)20-11-9-18(10-12-20)28(37)39-29-25(34)23(32)24(33)26(38-29)27(35)36;1-16(21-8-4-6-17-5-2-3-7-22(17)21)24-19-13-14-25(15-19)20-11-9-18(10-12-20)23(26)27/h3-14,19,22,26-29,32-33,35-37H,1,15-18H2,2H3;2-12,16,19,23-26,29-30,32-34H,13-15H2,1H3,(H,35,36);2-12,16,19,24H,13-15H2,1H3,(H,26,27)/t19-,22+,26+,27+,28-,29+,32+;16-,19+,23+,24+,25-,26+,29+;16-,19+/m111/s1. The van der Waals surface area contributed by atoms with Crippen LogP contribution in [0.3, 0.4) is 0 Å². The quantitative estimate of drug-likeness (QED) is 0.0182. The lowest BCUT2D eigenvalue weighted by Gasteiger charge is -2.38. The van der Waals surface area contributed by atoms with Crippen LogP contribution in [-0.4, -0.2) is 196 Å². The van der Waals surface area contributed by atoms with Crippen LogP contribution < -0.4 is 30.7 Å². The first-order valence-electron chi connectivity index (χ1n) is 36.4. The first-order chi connectivity index (χ1) is 52.1. The Morgan fingerprint density at radius 2 is 0.759 bits per heavy atom. The Balaban J connectivity index is 0.000000155. The maximum atomic E-state index is 12.8. The molecule has 9 aromatic rings. The van der Waals surface area contributed by atoms with Gasteiger partial charge in [0.05, 0.1) is 16.7 Å². The second-order valence-electron chi connectivity index (χ2n) is 28.0. The van der Waals surface area contributed by atoms with E-state index in [1.807, 2.05) is 36.4 Å². The third-order valence-electron chi connectivity index (χ3n) is 20.7. The predicted molar refractivity (Wildman–Crippen MR) is 408 cm³/mol. The SMILES string of the molecule is C=CCOC(=O)[C@H]1O[C@@H](OC(=O)c2ccc(N3CC[C@H](N[C@H](C)c4cccc5ccccc45)C3)cc2)[C@H](O)[C@@H](O)[C@@H]1O.C[C@@H](N[C@H]1CCN(c2ccc(C(=O)O)cc2)C1)c1cccc2ccccc12.C[C@@H](N[C@H]1CCN(c2ccc(C(=O)O[C@@H]3O[C@H](C(=O)O)[C@@H](O)[C@H](O)[C@H]3O)cc2)C1)c1cccc2ccccc12. The molecule has 24 nitrogen and oxygen atoms in total. The van der Waals surface area contributed by atoms with Crippen molar-refractivity contribution in [2.24, 2.45) is 0 Å². The molecule has 14 rings (SSSR count). The van der Waals surface area contributed by atoms with Crippen molar-refractivity contribution in [1.29, 1.82) is 0 Å². The summed E-state index contributed by atoms with van der Waals surface area (Å²) in [6, 6.07) is 66.9. The van der Waals surface area contributed by atoms with Crippen LogP contribution in [0.15, 0.2) is 213 Å². The highest BCUT2D eigenvalue weighted by molar-refractivity contribution is 5.92. The number of rotatable bonds is 21. The van der Waals surface area contributed by atoms with Crippen LogP contribution in [0.2, 0.25) is 0 Å². The number of fused-ring (bicyclic) bond motifs is 3. The van der Waals surface area contributed by atoms with Crippen molar-refractivity contribution >= 4 is 79.2 Å². The van der Waals surface area contributed by atoms with Crippen LogP contribution >= 0.6 is 0 Å². The van der Waals surface area contributed by atoms with E-state index >= 15 is 0 Å². The van der Waals surface area contributed by atoms with Crippen LogP contribution in [0.4, 0.5) is 17.1 Å². The monoisotopic (exact) mass is 1470 g/mol. The molecule has 0 aliphatic carbocycles. The molecule has 5 saturated heterocycles. The lowest BCUT2D eigenvalue weighted by atomic mass is 9.99. The number of nitrogens with one attached hydrogen (secondary N) is 3. The van der Waals surface area contributed by atoms with Gasteiger partial charge in [-0.3, -0.25) is 0 Å². The van der Waals surface area contributed by atoms with Crippen LogP contribution in [0.1, 0.15) is 106 Å². The summed E-state index contributed by atoms with van der Waals surface area (Å²) in [5.41, 5.74) is 7.52. The van der Waals surface area contributed by atoms with E-state index in [-0.39, 0.29) is 41.9 Å². The van der Waals surface area contributed by atoms with E-state index in [0.717, 1.165) is 75.6 Å². The Morgan fingerprint density at radius 3 is 1.10 bits per heavy atom. The van der Waals surface area contributed by atoms with Gasteiger partial charge in [-0.25, -0.2) is 24.0 Å². The van der Waals surface area contributed by atoms with Crippen molar-refractivity contribution in [2.75, 3.05) is 60.6 Å². The molecule has 0 amide bonds. The minimum absolute atomic E-state index is 0.141. The third-order valence-corrected chi connectivity index (χ3v) is 20.7. The zero-order chi connectivity index (χ0) is 76.3. The Kier molecular flexibility index (Phi) is 25.3. The van der Waals surface area contributed by atoms with E-state index in [9.17, 15) is 54.6 Å². The van der Waals surface area contributed by atoms with Crippen molar-refractivity contribution in [3.63, 3.8) is 0 Å². The molecule has 566 valence electrons. The molecule has 0 saturated carbocycles. The third kappa shape index (κ3) is 18.2. The summed E-state index contributed by atoms with van der Waals surface area (Å²) in [6.45, 7) is 15.1. The van der Waals surface area contributed by atoms with Gasteiger partial charge in [-0.15, -0.1) is 0 Å². The van der Waals surface area contributed by atoms with E-state index in [4.69, 9.17) is 33.9 Å². The Hall–Kier alpha value is -10.2. The number of aromatic carboxylic acids is 1. The second kappa shape index (κ2) is 35.2. The van der Waals surface area contributed by atoms with Gasteiger partial charge in [-0.05, 0) is 162 Å². The summed E-state index contributed by atoms with van der Waals surface area (Å²) in [6.07, 6.45) is -13.4. The molecule has 11 N–H and O–H groups in total. The molecule has 0 radical (unpaired) electrons. The fourth-order valence-electron chi connectivity index (χ4n) is 14.9. The topological polar surface area (TPSA) is 339 Å². The number of ether oxygens (including phenoxy) is 5. The maximum absolute atomic E-state index is 12.8. The van der Waals surface area contributed by atoms with Gasteiger partial charge in [0.15, 0.2) is 12.2 Å². The fourth-order valence-corrected chi connectivity index (χ4v) is 14.9. The average molecular weight is 1470 g/mol. The van der Waals surface area contributed by atoms with E-state index in [1.54, 1.807) is 48.5 Å². The van der Waals surface area contributed by atoms with Gasteiger partial charge >= 0.3 is 29.8 Å². The molecular formula is C84H92N6O18. The number of aliphatic carboxylic acids is 1. The number of carboxylic acid groups (broad SMARTS) is 2. The summed E-state index contributed by atoms with van der Waals surface area (Å²) >= 11 is 0. The number of aliphatic hydroxyl groups excluding tert-OH is 6. The highest BCUT2D eigenvalue weighted by Gasteiger charge is 2.50. The molecule has 108 heavy (non-hydrogen) atoms. The first kappa shape index (κ1) is 77.4. The van der Waals surface area contributed by atoms with Gasteiger partial charge in [0.2, 0.25) is 12.6 Å². The zero-order valence-electron chi connectivity index (χ0n) is 60.1. The van der Waals surface area contributed by atoms with E-state index in [1.165, 1.54) is 55.1 Å². The molecule has 0 bridgehead atoms. The van der Waals surface area contributed by atoms with Crippen molar-refractivity contribution in [3.8, 4) is 0 Å². The van der Waals surface area contributed by atoms with Gasteiger partial charge in [0, 0.05) is 92.6 Å². The van der Waals surface area contributed by atoms with Crippen molar-refractivity contribution in [2.45, 2.75) is 138 Å². The molecule has 9 aromatic carbocycles. The van der Waals surface area contributed by atoms with Gasteiger partial charge in [0.1, 0.15) is 43.2 Å². The van der Waals surface area contributed by atoms with Crippen LogP contribution in [-0.2, 0) is 33.3 Å². The van der Waals surface area contributed by atoms with Gasteiger partial charge in [-0.2, -0.15) is 0 Å². The fraction of sp³-hybridized carbons (Fsp3) is 0.345. The second-order valence-corrected chi connectivity index (χ2v) is 28.0. The smallest absolute Gasteiger partial charge is 0.340 e. The number of carboxylic acids is 2. The zero-order valence-corrected chi connectivity index (χ0v) is 60.1. The highest BCUT2D eigenvalue weighted by atomic mass is 16.7. The molecular weight excluding hydrogens is 1380 g/mol. The van der Waals surface area contributed by atoms with E-state index in [0.29, 0.717) is 17.6 Å². The van der Waals surface area contributed by atoms with Gasteiger partial charge in [0.25, 0.3) is 0 Å². The molecule has 0 aromatic heterocycles. The summed E-state index contributed by atoms with van der Waals surface area (Å²) < 4.78 is 25.6. The normalized spacial score (nSPS) is 24.9. The molecule has 0 spiro atoms. The van der Waals surface area contributed by atoms with Gasteiger partial charge < -0.3 is 95.2 Å². The number of anilines is 3. The number of esters is 3. The molecule has 5 heterocycles. The summed E-state index contributed by atoms with van der Waals surface area (Å²) in [5, 5.41) is 97.4. The number of hydrogen-bond donors (Lipinski definition) is 11. The molecule has 0 unspecified atom stereocenters. The van der Waals surface area contributed by atoms with Crippen molar-refractivity contribution in [3.05, 3.63) is 246 Å². The van der Waals surface area contributed by atoms with Crippen LogP contribution in [0, 0.1) is 0 Å². The number of aliphatic hydroxyl groups is 6. The molecule has 16 atom stereocenters. The van der Waals surface area contributed by atoms with Crippen molar-refractivity contribution < 1.29 is 88.5 Å². The minimum atomic E-state index is -1.86. The summed E-state index contributed by atoms with van der Waals surface area (Å²) in [4.78, 5) is 66.7. The maximum Gasteiger partial charge on any atom is 0.340 e. The van der Waals surface area contributed by atoms with Crippen molar-refractivity contribution in [1.82, 2.24) is 16.0 Å². The molecule has 5 aliphatic heterocycles. The van der Waals surface area contributed by atoms with Crippen LogP contribution in [0.5, 0.6) is 0 Å².